The predicted molar refractivity (Wildman–Crippen MR) is 93.9 cm³/mol. The van der Waals surface area contributed by atoms with Gasteiger partial charge in [-0.05, 0) is 12.0 Å². The molecule has 0 aromatic carbocycles. The first kappa shape index (κ1) is 18.1. The van der Waals surface area contributed by atoms with Gasteiger partial charge in [-0.25, -0.2) is 14.4 Å². The summed E-state index contributed by atoms with van der Waals surface area (Å²) < 4.78 is 13.9. The van der Waals surface area contributed by atoms with E-state index in [2.05, 4.69) is 15.0 Å². The number of nitrogens with zero attached hydrogens (tertiary/aromatic N) is 5. The number of allylic oxidation sites excluding steroid dienone is 1. The summed E-state index contributed by atoms with van der Waals surface area (Å²) in [5.41, 5.74) is 0.175. The number of piperazine rings is 1. The van der Waals surface area contributed by atoms with Crippen molar-refractivity contribution in [3.05, 3.63) is 12.2 Å². The van der Waals surface area contributed by atoms with Crippen molar-refractivity contribution in [2.24, 2.45) is 26.8 Å². The summed E-state index contributed by atoms with van der Waals surface area (Å²) in [6, 6.07) is 0. The lowest BCUT2D eigenvalue weighted by atomic mass is 10.0. The van der Waals surface area contributed by atoms with Gasteiger partial charge in [-0.2, -0.15) is 4.99 Å². The molecule has 8 nitrogen and oxygen atoms in total. The first-order chi connectivity index (χ1) is 12.4. The zero-order valence-corrected chi connectivity index (χ0v) is 14.6. The topological polar surface area (TPSA) is 94.8 Å². The predicted octanol–water partition coefficient (Wildman–Crippen LogP) is 0.245. The molecule has 3 amide bonds. The van der Waals surface area contributed by atoms with Crippen LogP contribution in [0, 0.1) is 11.8 Å². The number of hydrogen-bond donors (Lipinski definition) is 0. The third-order valence-electron chi connectivity index (χ3n) is 4.51. The molecule has 26 heavy (non-hydrogen) atoms. The smallest absolute Gasteiger partial charge is 0.289 e. The van der Waals surface area contributed by atoms with Crippen LogP contribution >= 0.6 is 0 Å². The zero-order valence-electron chi connectivity index (χ0n) is 14.6. The van der Waals surface area contributed by atoms with E-state index in [0.717, 1.165) is 0 Å². The molecule has 0 aromatic rings. The lowest BCUT2D eigenvalue weighted by Gasteiger charge is -2.37. The molecule has 3 aliphatic heterocycles. The maximum absolute atomic E-state index is 13.9. The van der Waals surface area contributed by atoms with E-state index in [1.54, 1.807) is 29.7 Å². The Kier molecular flexibility index (Phi) is 5.06. The minimum absolute atomic E-state index is 0.175. The SMILES string of the molecule is CC(C)C1=NC(N2CCN(C(=O)C3C=CC=NC3=O)CC2)=NC(=O)C1F. The highest BCUT2D eigenvalue weighted by molar-refractivity contribution is 6.18. The number of aliphatic imine (C=N–C) groups is 3. The van der Waals surface area contributed by atoms with Crippen molar-refractivity contribution in [3.63, 3.8) is 0 Å². The van der Waals surface area contributed by atoms with Crippen LogP contribution < -0.4 is 0 Å². The minimum atomic E-state index is -1.79. The van der Waals surface area contributed by atoms with E-state index in [1.807, 2.05) is 0 Å². The Labute approximate surface area is 150 Å². The Hall–Kier alpha value is -2.71. The van der Waals surface area contributed by atoms with Crippen molar-refractivity contribution in [2.75, 3.05) is 26.2 Å². The quantitative estimate of drug-likeness (QED) is 0.659. The maximum atomic E-state index is 13.9. The normalized spacial score (nSPS) is 26.3. The van der Waals surface area contributed by atoms with E-state index < -0.39 is 23.9 Å². The van der Waals surface area contributed by atoms with Gasteiger partial charge in [0.15, 0.2) is 0 Å². The van der Waals surface area contributed by atoms with E-state index in [1.165, 1.54) is 12.3 Å². The molecule has 0 aliphatic carbocycles. The monoisotopic (exact) mass is 361 g/mol. The first-order valence-electron chi connectivity index (χ1n) is 8.52. The molecular formula is C17H20FN5O3. The molecule has 1 saturated heterocycles. The molecule has 0 bridgehead atoms. The number of guanidine groups is 1. The Morgan fingerprint density at radius 1 is 1.15 bits per heavy atom. The lowest BCUT2D eigenvalue weighted by molar-refractivity contribution is -0.140. The van der Waals surface area contributed by atoms with Gasteiger partial charge < -0.3 is 9.80 Å². The molecule has 3 rings (SSSR count). The number of halogens is 1. The molecule has 3 aliphatic rings. The Morgan fingerprint density at radius 2 is 1.85 bits per heavy atom. The van der Waals surface area contributed by atoms with Crippen molar-refractivity contribution in [3.8, 4) is 0 Å². The number of hydrogen-bond acceptors (Lipinski definition) is 5. The largest absolute Gasteiger partial charge is 0.338 e. The summed E-state index contributed by atoms with van der Waals surface area (Å²) in [7, 11) is 0. The van der Waals surface area contributed by atoms with Gasteiger partial charge in [-0.15, -0.1) is 0 Å². The summed E-state index contributed by atoms with van der Waals surface area (Å²) >= 11 is 0. The molecular weight excluding hydrogens is 341 g/mol. The van der Waals surface area contributed by atoms with Crippen LogP contribution in [0.5, 0.6) is 0 Å². The molecule has 2 unspecified atom stereocenters. The molecule has 1 fully saturated rings. The van der Waals surface area contributed by atoms with E-state index >= 15 is 0 Å². The fraction of sp³-hybridized carbons (Fsp3) is 0.529. The maximum Gasteiger partial charge on any atom is 0.289 e. The molecule has 0 radical (unpaired) electrons. The summed E-state index contributed by atoms with van der Waals surface area (Å²) in [6.45, 7) is 5.07. The molecule has 0 aromatic heterocycles. The van der Waals surface area contributed by atoms with Crippen LogP contribution in [-0.4, -0.2) is 77.8 Å². The zero-order chi connectivity index (χ0) is 18.8. The van der Waals surface area contributed by atoms with Crippen LogP contribution in [0.2, 0.25) is 0 Å². The Bertz CT molecular complexity index is 747. The minimum Gasteiger partial charge on any atom is -0.338 e. The summed E-state index contributed by atoms with van der Waals surface area (Å²) in [5, 5.41) is 0. The number of alkyl halides is 1. The molecule has 138 valence electrons. The number of rotatable bonds is 2. The van der Waals surface area contributed by atoms with Crippen molar-refractivity contribution < 1.29 is 18.8 Å². The second-order valence-corrected chi connectivity index (χ2v) is 6.60. The van der Waals surface area contributed by atoms with Crippen LogP contribution in [0.1, 0.15) is 13.8 Å². The molecule has 9 heteroatoms. The fourth-order valence-electron chi connectivity index (χ4n) is 2.99. The highest BCUT2D eigenvalue weighted by atomic mass is 19.1. The van der Waals surface area contributed by atoms with Crippen molar-refractivity contribution in [1.29, 1.82) is 0 Å². The Morgan fingerprint density at radius 3 is 2.46 bits per heavy atom. The number of carbonyl (C=O) groups is 3. The third kappa shape index (κ3) is 3.47. The summed E-state index contributed by atoms with van der Waals surface area (Å²) in [4.78, 5) is 50.9. The van der Waals surface area contributed by atoms with Gasteiger partial charge in [-0.3, -0.25) is 14.4 Å². The van der Waals surface area contributed by atoms with Crippen LogP contribution in [0.4, 0.5) is 4.39 Å². The van der Waals surface area contributed by atoms with Crippen LogP contribution in [-0.2, 0) is 14.4 Å². The molecule has 0 N–H and O–H groups in total. The molecule has 2 atom stereocenters. The van der Waals surface area contributed by atoms with Gasteiger partial charge in [0.2, 0.25) is 18.0 Å². The first-order valence-corrected chi connectivity index (χ1v) is 8.52. The fourth-order valence-corrected chi connectivity index (χ4v) is 2.99. The molecule has 3 heterocycles. The second kappa shape index (κ2) is 7.27. The number of amides is 3. The number of dihydropyridines is 1. The van der Waals surface area contributed by atoms with E-state index in [9.17, 15) is 18.8 Å². The van der Waals surface area contributed by atoms with Gasteiger partial charge in [-0.1, -0.05) is 19.9 Å². The van der Waals surface area contributed by atoms with Gasteiger partial charge in [0, 0.05) is 32.4 Å². The van der Waals surface area contributed by atoms with Crippen LogP contribution in [0.15, 0.2) is 27.1 Å². The lowest BCUT2D eigenvalue weighted by Crippen LogP contribution is -2.53. The van der Waals surface area contributed by atoms with Crippen molar-refractivity contribution in [1.82, 2.24) is 9.80 Å². The van der Waals surface area contributed by atoms with E-state index in [0.29, 0.717) is 26.2 Å². The summed E-state index contributed by atoms with van der Waals surface area (Å²) in [5.74, 6) is -2.49. The van der Waals surface area contributed by atoms with Gasteiger partial charge in [0.05, 0.1) is 5.71 Å². The van der Waals surface area contributed by atoms with Crippen molar-refractivity contribution in [2.45, 2.75) is 20.0 Å². The third-order valence-corrected chi connectivity index (χ3v) is 4.51. The van der Waals surface area contributed by atoms with Gasteiger partial charge in [0.1, 0.15) is 5.92 Å². The second-order valence-electron chi connectivity index (χ2n) is 6.60. The van der Waals surface area contributed by atoms with E-state index in [4.69, 9.17) is 0 Å². The standard InChI is InChI=1S/C17H20FN5O3/c1-10(2)13-12(18)15(25)21-17(20-13)23-8-6-22(7-9-23)16(26)11-4-3-5-19-14(11)24/h3-5,10-12H,6-9H2,1-2H3. The average molecular weight is 361 g/mol. The number of carbonyl (C=O) groups excluding carboxylic acids is 3. The molecule has 0 spiro atoms. The molecule has 0 saturated carbocycles. The average Bonchev–Trinajstić information content (AvgIpc) is 2.63. The highest BCUT2D eigenvalue weighted by Gasteiger charge is 2.35. The Balaban J connectivity index is 1.65. The van der Waals surface area contributed by atoms with Crippen LogP contribution in [0.3, 0.4) is 0 Å². The van der Waals surface area contributed by atoms with Crippen LogP contribution in [0.25, 0.3) is 0 Å². The summed E-state index contributed by atoms with van der Waals surface area (Å²) in [6.07, 6.45) is 2.70. The van der Waals surface area contributed by atoms with Crippen molar-refractivity contribution >= 4 is 35.6 Å². The van der Waals surface area contributed by atoms with E-state index in [-0.39, 0.29) is 23.5 Å². The van der Waals surface area contributed by atoms with Gasteiger partial charge in [0.25, 0.3) is 11.8 Å². The highest BCUT2D eigenvalue weighted by Crippen LogP contribution is 2.17. The van der Waals surface area contributed by atoms with Gasteiger partial charge >= 0.3 is 0 Å².